The predicted octanol–water partition coefficient (Wildman–Crippen LogP) is 2.64. The van der Waals surface area contributed by atoms with E-state index in [1.165, 1.54) is 0 Å². The third-order valence-corrected chi connectivity index (χ3v) is 4.78. The van der Waals surface area contributed by atoms with E-state index >= 15 is 0 Å². The lowest BCUT2D eigenvalue weighted by molar-refractivity contribution is -0.0619. The number of hydrogen-bond acceptors (Lipinski definition) is 7. The quantitative estimate of drug-likeness (QED) is 0.707. The van der Waals surface area contributed by atoms with Gasteiger partial charge in [0.1, 0.15) is 17.8 Å². The zero-order valence-electron chi connectivity index (χ0n) is 15.2. The van der Waals surface area contributed by atoms with E-state index in [4.69, 9.17) is 15.2 Å². The Morgan fingerprint density at radius 1 is 1.30 bits per heavy atom. The number of carbonyl (C=O) groups excluding carboxylic acids is 1. The van der Waals surface area contributed by atoms with Gasteiger partial charge in [0.25, 0.3) is 0 Å². The van der Waals surface area contributed by atoms with Crippen LogP contribution >= 0.6 is 0 Å². The van der Waals surface area contributed by atoms with E-state index in [1.807, 2.05) is 36.6 Å². The van der Waals surface area contributed by atoms with Crippen LogP contribution in [-0.4, -0.2) is 37.7 Å². The largest absolute Gasteiger partial charge is 0.456 e. The van der Waals surface area contributed by atoms with Gasteiger partial charge in [-0.15, -0.1) is 0 Å². The number of nitrogens with two attached hydrogens (primary N) is 1. The first-order valence-corrected chi connectivity index (χ1v) is 8.91. The third kappa shape index (κ3) is 3.35. The first-order valence-electron chi connectivity index (χ1n) is 8.91. The van der Waals surface area contributed by atoms with Crippen molar-refractivity contribution in [2.75, 3.05) is 5.73 Å². The van der Waals surface area contributed by atoms with Crippen LogP contribution in [0.15, 0.2) is 36.7 Å². The summed E-state index contributed by atoms with van der Waals surface area (Å²) in [5.41, 5.74) is 8.40. The topological polar surface area (TPSA) is 105 Å². The van der Waals surface area contributed by atoms with Crippen molar-refractivity contribution < 1.29 is 14.3 Å². The molecule has 1 aliphatic rings. The molecule has 3 atom stereocenters. The Labute approximate surface area is 156 Å². The van der Waals surface area contributed by atoms with E-state index in [0.717, 1.165) is 18.5 Å². The Morgan fingerprint density at radius 3 is 2.85 bits per heavy atom. The lowest BCUT2D eigenvalue weighted by atomic mass is 10.1. The Bertz CT molecular complexity index is 972. The van der Waals surface area contributed by atoms with Crippen molar-refractivity contribution in [2.24, 2.45) is 0 Å². The summed E-state index contributed by atoms with van der Waals surface area (Å²) in [5.74, 6) is -0.138. The van der Waals surface area contributed by atoms with Gasteiger partial charge in [-0.05, 0) is 38.8 Å². The molecular weight excluding hydrogens is 346 g/mol. The molecule has 0 amide bonds. The van der Waals surface area contributed by atoms with Crippen molar-refractivity contribution in [3.63, 3.8) is 0 Å². The second-order valence-corrected chi connectivity index (χ2v) is 6.67. The second kappa shape index (κ2) is 6.96. The number of esters is 1. The van der Waals surface area contributed by atoms with Crippen LogP contribution in [0.25, 0.3) is 11.2 Å². The zero-order chi connectivity index (χ0) is 19.0. The molecule has 1 fully saturated rings. The van der Waals surface area contributed by atoms with Gasteiger partial charge in [-0.25, -0.2) is 14.8 Å². The van der Waals surface area contributed by atoms with Crippen molar-refractivity contribution in [3.8, 4) is 0 Å². The van der Waals surface area contributed by atoms with E-state index < -0.39 is 0 Å². The number of aryl methyl sites for hydroxylation is 1. The van der Waals surface area contributed by atoms with E-state index in [-0.39, 0.29) is 30.4 Å². The molecule has 140 valence electrons. The fourth-order valence-corrected chi connectivity index (χ4v) is 3.37. The van der Waals surface area contributed by atoms with Crippen LogP contribution in [0, 0.1) is 6.92 Å². The molecule has 0 saturated carbocycles. The lowest BCUT2D eigenvalue weighted by Gasteiger charge is -2.21. The molecule has 2 N–H and O–H groups in total. The van der Waals surface area contributed by atoms with Crippen LogP contribution in [0.4, 0.5) is 5.95 Å². The SMILES string of the molecule is Cc1nc(N)nc2c1ncn2[C@H]1CC[C@@H]([C@@H](C)OC(=O)c2ccccc2)O1. The molecule has 0 bridgehead atoms. The highest BCUT2D eigenvalue weighted by atomic mass is 16.6. The van der Waals surface area contributed by atoms with Crippen LogP contribution in [0.1, 0.15) is 42.0 Å². The number of benzene rings is 1. The highest BCUT2D eigenvalue weighted by Gasteiger charge is 2.33. The van der Waals surface area contributed by atoms with Crippen molar-refractivity contribution in [2.45, 2.75) is 45.1 Å². The van der Waals surface area contributed by atoms with Crippen LogP contribution < -0.4 is 5.73 Å². The highest BCUT2D eigenvalue weighted by molar-refractivity contribution is 5.89. The summed E-state index contributed by atoms with van der Waals surface area (Å²) >= 11 is 0. The molecule has 0 aliphatic carbocycles. The number of nitrogen functional groups attached to an aromatic ring is 1. The molecule has 3 aromatic rings. The van der Waals surface area contributed by atoms with Crippen molar-refractivity contribution >= 4 is 23.1 Å². The minimum absolute atomic E-state index is 0.194. The molecule has 8 nitrogen and oxygen atoms in total. The average molecular weight is 367 g/mol. The summed E-state index contributed by atoms with van der Waals surface area (Å²) in [5, 5.41) is 0. The maximum absolute atomic E-state index is 12.2. The fraction of sp³-hybridized carbons (Fsp3) is 0.368. The average Bonchev–Trinajstić information content (AvgIpc) is 3.29. The first kappa shape index (κ1) is 17.4. The molecule has 3 heterocycles. The Morgan fingerprint density at radius 2 is 2.07 bits per heavy atom. The van der Waals surface area contributed by atoms with Crippen molar-refractivity contribution in [3.05, 3.63) is 47.9 Å². The highest BCUT2D eigenvalue weighted by Crippen LogP contribution is 2.33. The molecular formula is C19H21N5O3. The lowest BCUT2D eigenvalue weighted by Crippen LogP contribution is -2.28. The van der Waals surface area contributed by atoms with Gasteiger partial charge in [-0.3, -0.25) is 4.57 Å². The molecule has 1 aromatic carbocycles. The molecule has 4 rings (SSSR count). The van der Waals surface area contributed by atoms with Crippen LogP contribution in [0.5, 0.6) is 0 Å². The third-order valence-electron chi connectivity index (χ3n) is 4.78. The summed E-state index contributed by atoms with van der Waals surface area (Å²) in [7, 11) is 0. The van der Waals surface area contributed by atoms with Crippen molar-refractivity contribution in [1.82, 2.24) is 19.5 Å². The van der Waals surface area contributed by atoms with Crippen LogP contribution in [-0.2, 0) is 9.47 Å². The molecule has 0 radical (unpaired) electrons. The van der Waals surface area contributed by atoms with Gasteiger partial charge in [-0.2, -0.15) is 4.98 Å². The fourth-order valence-electron chi connectivity index (χ4n) is 3.37. The zero-order valence-corrected chi connectivity index (χ0v) is 15.2. The van der Waals surface area contributed by atoms with Crippen LogP contribution in [0.3, 0.4) is 0 Å². The summed E-state index contributed by atoms with van der Waals surface area (Å²) in [6.45, 7) is 3.70. The Kier molecular flexibility index (Phi) is 4.49. The van der Waals surface area contributed by atoms with E-state index in [2.05, 4.69) is 15.0 Å². The normalized spacial score (nSPS) is 20.7. The number of aromatic nitrogens is 4. The number of nitrogens with zero attached hydrogens (tertiary/aromatic N) is 4. The van der Waals surface area contributed by atoms with E-state index in [1.54, 1.807) is 18.5 Å². The number of imidazole rings is 1. The summed E-state index contributed by atoms with van der Waals surface area (Å²) in [6.07, 6.45) is 2.45. The van der Waals surface area contributed by atoms with E-state index in [9.17, 15) is 4.79 Å². The molecule has 0 spiro atoms. The van der Waals surface area contributed by atoms with Gasteiger partial charge in [-0.1, -0.05) is 18.2 Å². The van der Waals surface area contributed by atoms with Gasteiger partial charge in [0.05, 0.1) is 23.7 Å². The molecule has 0 unspecified atom stereocenters. The summed E-state index contributed by atoms with van der Waals surface area (Å²) in [4.78, 5) is 25.1. The Hall–Kier alpha value is -3.00. The number of anilines is 1. The maximum Gasteiger partial charge on any atom is 0.338 e. The molecule has 8 heteroatoms. The minimum Gasteiger partial charge on any atom is -0.456 e. The van der Waals surface area contributed by atoms with Gasteiger partial charge in [0.2, 0.25) is 5.95 Å². The molecule has 1 aliphatic heterocycles. The monoisotopic (exact) mass is 367 g/mol. The predicted molar refractivity (Wildman–Crippen MR) is 98.9 cm³/mol. The molecule has 27 heavy (non-hydrogen) atoms. The van der Waals surface area contributed by atoms with Gasteiger partial charge < -0.3 is 15.2 Å². The number of rotatable bonds is 4. The van der Waals surface area contributed by atoms with Gasteiger partial charge in [0.15, 0.2) is 5.65 Å². The van der Waals surface area contributed by atoms with Gasteiger partial charge in [0, 0.05) is 0 Å². The van der Waals surface area contributed by atoms with Crippen molar-refractivity contribution in [1.29, 1.82) is 0 Å². The standard InChI is InChI=1S/C19H21N5O3/c1-11-16-17(23-19(20)22-11)24(10-21-16)15-9-8-14(27-15)12(2)26-18(25)13-6-4-3-5-7-13/h3-7,10,12,14-15H,8-9H2,1-2H3,(H2,20,22,23)/t12-,14+,15-/m1/s1. The van der Waals surface area contributed by atoms with Gasteiger partial charge >= 0.3 is 5.97 Å². The Balaban J connectivity index is 1.47. The first-order chi connectivity index (χ1) is 13.0. The molecule has 2 aromatic heterocycles. The number of ether oxygens (including phenoxy) is 2. The minimum atomic E-state index is -0.362. The molecule has 1 saturated heterocycles. The second-order valence-electron chi connectivity index (χ2n) is 6.67. The smallest absolute Gasteiger partial charge is 0.338 e. The summed E-state index contributed by atoms with van der Waals surface area (Å²) in [6, 6.07) is 8.94. The van der Waals surface area contributed by atoms with E-state index in [0.29, 0.717) is 16.7 Å². The summed E-state index contributed by atoms with van der Waals surface area (Å²) < 4.78 is 13.6. The maximum atomic E-state index is 12.2. The number of carbonyl (C=O) groups is 1. The number of fused-ring (bicyclic) bond motifs is 1. The van der Waals surface area contributed by atoms with Crippen LogP contribution in [0.2, 0.25) is 0 Å². The number of hydrogen-bond donors (Lipinski definition) is 1.